The zero-order chi connectivity index (χ0) is 63.2. The minimum atomic E-state index is -3.40. The third-order valence-electron chi connectivity index (χ3n) is 22.9. The van der Waals surface area contributed by atoms with Crippen molar-refractivity contribution in [2.75, 3.05) is 29.4 Å². The van der Waals surface area contributed by atoms with Gasteiger partial charge in [0.2, 0.25) is 0 Å². The fraction of sp³-hybridized carbons (Fsp3) is 0.0682. The molecular formula is C88H62Ge2N6. The first-order chi connectivity index (χ1) is 47.3. The fourth-order valence-corrected chi connectivity index (χ4v) is 36.2. The number of anilines is 18. The van der Waals surface area contributed by atoms with E-state index in [0.717, 1.165) is 22.7 Å². The second-order valence-corrected chi connectivity index (χ2v) is 39.1. The van der Waals surface area contributed by atoms with E-state index in [-0.39, 0.29) is 10.8 Å². The molecule has 6 heterocycles. The van der Waals surface area contributed by atoms with Gasteiger partial charge >= 0.3 is 572 Å². The molecule has 0 radical (unpaired) electrons. The van der Waals surface area contributed by atoms with Crippen LogP contribution in [0.25, 0.3) is 33.0 Å². The van der Waals surface area contributed by atoms with Gasteiger partial charge in [-0.15, -0.1) is 0 Å². The van der Waals surface area contributed by atoms with E-state index in [1.807, 2.05) is 0 Å². The topological polar surface area (TPSA) is 19.4 Å². The van der Waals surface area contributed by atoms with Gasteiger partial charge in [0.05, 0.1) is 0 Å². The fourth-order valence-electron chi connectivity index (χ4n) is 19.3. The van der Waals surface area contributed by atoms with Gasteiger partial charge in [-0.25, -0.2) is 0 Å². The standard InChI is InChI=1S/C88H62Ge2N6/c1-87(2)65-43-25-23-41-59(65)61-49-71-81-85(75(61)87)95(57-37-19-9-20-38-57)69-47-27-45-67-77(69)89(81)79-73(91(71)53-29-11-5-12-30-53)51-64-63(83(79)93(67)55-33-15-7-16-34-55)52-74-80-84(64)94(56-35-17-8-18-36-56)68-46-28-48-70-78(68)90(80)82-72(92(74)54-31-13-6-14-32-54)50-62-60-42-24-26-44-66(60)88(3,4)76(62)86(82)96(70)58-39-21-10-22-40-58/h5-52,89-90H,1-4H3. The van der Waals surface area contributed by atoms with Crippen molar-refractivity contribution in [2.45, 2.75) is 38.5 Å². The van der Waals surface area contributed by atoms with Gasteiger partial charge in [0.1, 0.15) is 0 Å². The molecule has 8 heteroatoms. The first-order valence-electron chi connectivity index (χ1n) is 33.9. The Morgan fingerprint density at radius 2 is 0.479 bits per heavy atom. The van der Waals surface area contributed by atoms with Gasteiger partial charge in [0, 0.05) is 0 Å². The molecule has 8 aliphatic rings. The molecule has 6 aliphatic heterocycles. The molecular weight excluding hydrogens is 1290 g/mol. The van der Waals surface area contributed by atoms with E-state index in [4.69, 9.17) is 0 Å². The summed E-state index contributed by atoms with van der Waals surface area (Å²) in [6.07, 6.45) is 0. The Morgan fingerprint density at radius 3 is 0.802 bits per heavy atom. The van der Waals surface area contributed by atoms with Crippen LogP contribution < -0.4 is 55.8 Å². The Kier molecular flexibility index (Phi) is 10.6. The van der Waals surface area contributed by atoms with E-state index in [9.17, 15) is 0 Å². The van der Waals surface area contributed by atoms with Crippen LogP contribution in [-0.4, -0.2) is 28.7 Å². The summed E-state index contributed by atoms with van der Waals surface area (Å²) in [6, 6.07) is 112. The Morgan fingerprint density at radius 1 is 0.219 bits per heavy atom. The van der Waals surface area contributed by atoms with Crippen LogP contribution in [0.4, 0.5) is 102 Å². The van der Waals surface area contributed by atoms with Crippen molar-refractivity contribution in [1.29, 1.82) is 0 Å². The summed E-state index contributed by atoms with van der Waals surface area (Å²) in [7, 11) is 0. The van der Waals surface area contributed by atoms with Crippen LogP contribution in [0.5, 0.6) is 0 Å². The van der Waals surface area contributed by atoms with Crippen molar-refractivity contribution >= 4 is 168 Å². The quantitative estimate of drug-likeness (QED) is 0.153. The van der Waals surface area contributed by atoms with Crippen LogP contribution in [0.1, 0.15) is 49.9 Å². The zero-order valence-corrected chi connectivity index (χ0v) is 58.4. The van der Waals surface area contributed by atoms with E-state index >= 15 is 0 Å². The van der Waals surface area contributed by atoms with E-state index in [1.54, 1.807) is 0 Å². The zero-order valence-electron chi connectivity index (χ0n) is 53.6. The molecule has 6 nitrogen and oxygen atoms in total. The molecule has 0 saturated carbocycles. The molecule has 14 aromatic carbocycles. The molecule has 14 aromatic rings. The van der Waals surface area contributed by atoms with E-state index in [0.29, 0.717) is 0 Å². The van der Waals surface area contributed by atoms with Crippen molar-refractivity contribution in [2.24, 2.45) is 0 Å². The Balaban J connectivity index is 0.956. The molecule has 22 rings (SSSR count). The summed E-state index contributed by atoms with van der Waals surface area (Å²) < 4.78 is 9.11. The maximum atomic E-state index is 2.73. The summed E-state index contributed by atoms with van der Waals surface area (Å²) >= 11 is -6.79. The summed E-state index contributed by atoms with van der Waals surface area (Å²) in [5, 5.41) is 2.54. The van der Waals surface area contributed by atoms with E-state index in [1.165, 1.54) is 161 Å². The third kappa shape index (κ3) is 6.63. The van der Waals surface area contributed by atoms with Gasteiger partial charge in [-0.2, -0.15) is 0 Å². The predicted octanol–water partition coefficient (Wildman–Crippen LogP) is 18.6. The summed E-state index contributed by atoms with van der Waals surface area (Å²) in [5.41, 5.74) is 33.0. The number of fused-ring (bicyclic) bond motifs is 11. The Labute approximate surface area is 567 Å². The summed E-state index contributed by atoms with van der Waals surface area (Å²) in [6.45, 7) is 9.96. The van der Waals surface area contributed by atoms with Gasteiger partial charge < -0.3 is 0 Å². The molecule has 0 spiro atoms. The number of hydrogen-bond donors (Lipinski definition) is 0. The van der Waals surface area contributed by atoms with Gasteiger partial charge in [-0.05, 0) is 0 Å². The average molecular weight is 1350 g/mol. The molecule has 0 aromatic heterocycles. The third-order valence-corrected chi connectivity index (χ3v) is 37.4. The monoisotopic (exact) mass is 1350 g/mol. The molecule has 2 atom stereocenters. The van der Waals surface area contributed by atoms with Crippen molar-refractivity contribution in [3.63, 3.8) is 0 Å². The average Bonchev–Trinajstić information content (AvgIpc) is 0.855. The van der Waals surface area contributed by atoms with Gasteiger partial charge in [-0.3, -0.25) is 0 Å². The number of benzene rings is 14. The number of nitrogens with zero attached hydrogens (tertiary/aromatic N) is 6. The van der Waals surface area contributed by atoms with Gasteiger partial charge in [-0.1, -0.05) is 0 Å². The maximum absolute atomic E-state index is 3.40. The second-order valence-electron chi connectivity index (χ2n) is 28.2. The molecule has 0 saturated heterocycles. The van der Waals surface area contributed by atoms with Gasteiger partial charge in [0.15, 0.2) is 0 Å². The predicted molar refractivity (Wildman–Crippen MR) is 406 cm³/mol. The van der Waals surface area contributed by atoms with Crippen molar-refractivity contribution in [3.05, 3.63) is 313 Å². The summed E-state index contributed by atoms with van der Waals surface area (Å²) in [4.78, 5) is 16.3. The molecule has 96 heavy (non-hydrogen) atoms. The first-order valence-corrected chi connectivity index (χ1v) is 41.2. The first kappa shape index (κ1) is 53.6. The van der Waals surface area contributed by atoms with Gasteiger partial charge in [0.25, 0.3) is 0 Å². The molecule has 2 unspecified atom stereocenters. The molecule has 2 aliphatic carbocycles. The number of para-hydroxylation sites is 6. The molecule has 0 N–H and O–H groups in total. The van der Waals surface area contributed by atoms with Crippen LogP contribution >= 0.6 is 0 Å². The Bertz CT molecular complexity index is 5410. The molecule has 0 fully saturated rings. The van der Waals surface area contributed by atoms with Crippen LogP contribution in [0.15, 0.2) is 291 Å². The normalized spacial score (nSPS) is 17.0. The van der Waals surface area contributed by atoms with Crippen LogP contribution in [0.2, 0.25) is 0 Å². The molecule has 0 amide bonds. The molecule has 0 bridgehead atoms. The molecule has 452 valence electrons. The number of rotatable bonds is 6. The van der Waals surface area contributed by atoms with Crippen molar-refractivity contribution < 1.29 is 0 Å². The van der Waals surface area contributed by atoms with Crippen molar-refractivity contribution in [3.8, 4) is 22.3 Å². The van der Waals surface area contributed by atoms with Crippen LogP contribution in [-0.2, 0) is 10.8 Å². The van der Waals surface area contributed by atoms with Crippen LogP contribution in [0.3, 0.4) is 0 Å². The van der Waals surface area contributed by atoms with E-state index < -0.39 is 28.7 Å². The Hall–Kier alpha value is -10.8. The SMILES string of the molecule is CC1(C)c2ccccc2-c2cc3[c]4c(c21)N(c1ccccc1)c1cccc2[c]1[GeH]4[c]1c(cc4c5[c]6c(cc4c1N2c1ccccc1)N(c1ccccc1)c1cc2c(c4[c]1[GeH]6[c]1c(cccc1N5c1ccccc1)N4c1ccccc1)C(C)(C)c1ccccc1-2)N3c1ccccc1. The number of hydrogen-bond acceptors (Lipinski definition) is 6. The minimum absolute atomic E-state index is 0.300. The van der Waals surface area contributed by atoms with Crippen molar-refractivity contribution in [1.82, 2.24) is 0 Å². The summed E-state index contributed by atoms with van der Waals surface area (Å²) in [5.74, 6) is 0. The second kappa shape index (κ2) is 19.0. The van der Waals surface area contributed by atoms with E-state index in [2.05, 4.69) is 348 Å². The van der Waals surface area contributed by atoms with Crippen LogP contribution in [0, 0.1) is 0 Å².